The monoisotopic (exact) mass is 363 g/mol. The van der Waals surface area contributed by atoms with Crippen LogP contribution in [0.3, 0.4) is 0 Å². The topological polar surface area (TPSA) is 96.0 Å². The Morgan fingerprint density at radius 3 is 2.88 bits per heavy atom. The third-order valence-electron chi connectivity index (χ3n) is 4.38. The summed E-state index contributed by atoms with van der Waals surface area (Å²) in [6.45, 7) is 0.486. The van der Waals surface area contributed by atoms with E-state index in [0.29, 0.717) is 35.3 Å². The van der Waals surface area contributed by atoms with Crippen LogP contribution < -0.4 is 0 Å². The van der Waals surface area contributed by atoms with Gasteiger partial charge in [-0.05, 0) is 25.0 Å². The smallest absolute Gasteiger partial charge is 0.210 e. The molecule has 1 aromatic heterocycles. The number of nitrogens with zero attached hydrogens (tertiary/aromatic N) is 5. The van der Waals surface area contributed by atoms with Gasteiger partial charge in [-0.25, -0.2) is 14.9 Å². The Morgan fingerprint density at radius 1 is 1.46 bits per heavy atom. The predicted octanol–water partition coefficient (Wildman–Crippen LogP) is 1.42. The highest BCUT2D eigenvalue weighted by Crippen LogP contribution is 2.45. The number of allylic oxidation sites excluding steroid dienone is 2. The van der Waals surface area contributed by atoms with Crippen LogP contribution in [-0.4, -0.2) is 49.0 Å². The standard InChI is InChI=1S/C15H14ClN5O2S/c16-13-18-6-9(24-13)7-20-5-1-2-10-11(20)19-14(23)21(12(10)22)15(8-17)3-4-15/h1-2,5-6,12,14,22-23H,3-4,7H2. The molecule has 0 aromatic carbocycles. The molecule has 1 aromatic rings. The molecule has 0 spiro atoms. The van der Waals surface area contributed by atoms with Gasteiger partial charge in [-0.1, -0.05) is 11.6 Å². The second kappa shape index (κ2) is 5.65. The summed E-state index contributed by atoms with van der Waals surface area (Å²) < 4.78 is 0.461. The van der Waals surface area contributed by atoms with E-state index in [1.807, 2.05) is 17.2 Å². The van der Waals surface area contributed by atoms with Crippen LogP contribution in [-0.2, 0) is 6.54 Å². The number of nitriles is 1. The van der Waals surface area contributed by atoms with E-state index < -0.39 is 18.1 Å². The van der Waals surface area contributed by atoms with Gasteiger partial charge in [-0.15, -0.1) is 11.3 Å². The number of rotatable bonds is 3. The summed E-state index contributed by atoms with van der Waals surface area (Å²) in [7, 11) is 0. The molecule has 2 N–H and O–H groups in total. The fraction of sp³-hybridized carbons (Fsp3) is 0.400. The van der Waals surface area contributed by atoms with Gasteiger partial charge in [0.25, 0.3) is 0 Å². The lowest BCUT2D eigenvalue weighted by atomic mass is 10.0. The molecular weight excluding hydrogens is 350 g/mol. The number of fused-ring (bicyclic) bond motifs is 1. The lowest BCUT2D eigenvalue weighted by molar-refractivity contribution is -0.106. The zero-order valence-corrected chi connectivity index (χ0v) is 14.1. The first-order valence-corrected chi connectivity index (χ1v) is 8.63. The van der Waals surface area contributed by atoms with Crippen LogP contribution in [0, 0.1) is 11.3 Å². The van der Waals surface area contributed by atoms with Gasteiger partial charge in [0.1, 0.15) is 17.6 Å². The Bertz CT molecular complexity index is 807. The zero-order chi connectivity index (χ0) is 16.9. The molecule has 9 heteroatoms. The van der Waals surface area contributed by atoms with Crippen molar-refractivity contribution in [3.63, 3.8) is 0 Å². The van der Waals surface area contributed by atoms with E-state index in [4.69, 9.17) is 11.6 Å². The minimum absolute atomic E-state index is 0.461. The number of thiazole rings is 1. The number of aliphatic imine (C=N–C) groups is 1. The summed E-state index contributed by atoms with van der Waals surface area (Å²) in [6.07, 6.45) is 5.98. The fourth-order valence-electron chi connectivity index (χ4n) is 3.01. The first-order chi connectivity index (χ1) is 11.5. The summed E-state index contributed by atoms with van der Waals surface area (Å²) >= 11 is 7.23. The Kier molecular flexibility index (Phi) is 3.71. The molecule has 2 unspecified atom stereocenters. The molecule has 0 saturated heterocycles. The second-order valence-electron chi connectivity index (χ2n) is 5.89. The molecule has 4 rings (SSSR count). The highest BCUT2D eigenvalue weighted by Gasteiger charge is 2.56. The predicted molar refractivity (Wildman–Crippen MR) is 88.8 cm³/mol. The highest BCUT2D eigenvalue weighted by molar-refractivity contribution is 7.15. The van der Waals surface area contributed by atoms with E-state index >= 15 is 0 Å². The molecule has 1 fully saturated rings. The summed E-state index contributed by atoms with van der Waals surface area (Å²) in [5, 5.41) is 30.5. The minimum atomic E-state index is -1.26. The summed E-state index contributed by atoms with van der Waals surface area (Å²) in [4.78, 5) is 12.5. The van der Waals surface area contributed by atoms with E-state index in [9.17, 15) is 15.5 Å². The van der Waals surface area contributed by atoms with Crippen molar-refractivity contribution in [2.45, 2.75) is 37.5 Å². The van der Waals surface area contributed by atoms with Crippen LogP contribution in [0.5, 0.6) is 0 Å². The van der Waals surface area contributed by atoms with Crippen LogP contribution >= 0.6 is 22.9 Å². The third-order valence-corrected chi connectivity index (χ3v) is 5.48. The summed E-state index contributed by atoms with van der Waals surface area (Å²) in [5.74, 6) is 0.493. The second-order valence-corrected chi connectivity index (χ2v) is 7.59. The van der Waals surface area contributed by atoms with E-state index in [-0.39, 0.29) is 0 Å². The Hall–Kier alpha value is -1.76. The summed E-state index contributed by atoms with van der Waals surface area (Å²) in [6, 6.07) is 2.19. The van der Waals surface area contributed by atoms with Gasteiger partial charge >= 0.3 is 0 Å². The van der Waals surface area contributed by atoms with Crippen molar-refractivity contribution in [1.82, 2.24) is 14.8 Å². The molecule has 3 aliphatic rings. The quantitative estimate of drug-likeness (QED) is 0.843. The maximum atomic E-state index is 10.7. The molecule has 3 heterocycles. The molecule has 24 heavy (non-hydrogen) atoms. The van der Waals surface area contributed by atoms with Crippen LogP contribution in [0.1, 0.15) is 17.7 Å². The van der Waals surface area contributed by atoms with Crippen molar-refractivity contribution in [2.75, 3.05) is 0 Å². The number of aromatic nitrogens is 1. The molecule has 2 atom stereocenters. The van der Waals surface area contributed by atoms with Crippen LogP contribution in [0.15, 0.2) is 35.1 Å². The number of amidine groups is 1. The molecule has 124 valence electrons. The first-order valence-electron chi connectivity index (χ1n) is 7.43. The van der Waals surface area contributed by atoms with E-state index in [0.717, 1.165) is 4.88 Å². The highest BCUT2D eigenvalue weighted by atomic mass is 35.5. The average molecular weight is 364 g/mol. The van der Waals surface area contributed by atoms with Gasteiger partial charge in [0.2, 0.25) is 6.35 Å². The van der Waals surface area contributed by atoms with Gasteiger partial charge in [0.15, 0.2) is 4.47 Å². The van der Waals surface area contributed by atoms with Gasteiger partial charge in [0.05, 0.1) is 12.6 Å². The molecule has 1 saturated carbocycles. The molecule has 0 amide bonds. The number of aliphatic hydroxyl groups is 2. The summed E-state index contributed by atoms with van der Waals surface area (Å²) in [5.41, 5.74) is -0.258. The van der Waals surface area contributed by atoms with Gasteiger partial charge in [-0.3, -0.25) is 0 Å². The van der Waals surface area contributed by atoms with E-state index in [2.05, 4.69) is 16.0 Å². The first kappa shape index (κ1) is 15.7. The van der Waals surface area contributed by atoms with Crippen molar-refractivity contribution in [1.29, 1.82) is 5.26 Å². The normalized spacial score (nSPS) is 28.0. The molecule has 0 radical (unpaired) electrons. The number of hydrogen-bond acceptors (Lipinski definition) is 8. The lowest BCUT2D eigenvalue weighted by Gasteiger charge is -2.41. The van der Waals surface area contributed by atoms with Crippen molar-refractivity contribution in [3.8, 4) is 6.07 Å². The fourth-order valence-corrected chi connectivity index (χ4v) is 3.99. The largest absolute Gasteiger partial charge is 0.374 e. The number of hydrogen-bond donors (Lipinski definition) is 2. The van der Waals surface area contributed by atoms with Crippen molar-refractivity contribution in [3.05, 3.63) is 39.5 Å². The zero-order valence-electron chi connectivity index (χ0n) is 12.5. The molecule has 2 aliphatic heterocycles. The van der Waals surface area contributed by atoms with Crippen LogP contribution in [0.4, 0.5) is 0 Å². The van der Waals surface area contributed by atoms with E-state index in [1.165, 1.54) is 16.2 Å². The molecular formula is C15H14ClN5O2S. The van der Waals surface area contributed by atoms with Crippen molar-refractivity contribution < 1.29 is 10.2 Å². The third kappa shape index (κ3) is 2.46. The van der Waals surface area contributed by atoms with Gasteiger partial charge in [0, 0.05) is 22.8 Å². The van der Waals surface area contributed by atoms with Crippen molar-refractivity contribution in [2.24, 2.45) is 4.99 Å². The molecule has 7 nitrogen and oxygen atoms in total. The average Bonchev–Trinajstić information content (AvgIpc) is 3.24. The van der Waals surface area contributed by atoms with E-state index in [1.54, 1.807) is 12.3 Å². The maximum Gasteiger partial charge on any atom is 0.210 e. The Balaban J connectivity index is 1.65. The van der Waals surface area contributed by atoms with Gasteiger partial charge in [-0.2, -0.15) is 5.26 Å². The van der Waals surface area contributed by atoms with Crippen LogP contribution in [0.25, 0.3) is 0 Å². The SMILES string of the molecule is N#CC1(N2C(O)N=C3C(=CC=CN3Cc3cnc(Cl)s3)C2O)CC1. The van der Waals surface area contributed by atoms with Crippen LogP contribution in [0.2, 0.25) is 4.47 Å². The Morgan fingerprint density at radius 2 is 2.25 bits per heavy atom. The minimum Gasteiger partial charge on any atom is -0.374 e. The number of halogens is 1. The molecule has 1 aliphatic carbocycles. The maximum absolute atomic E-state index is 10.7. The van der Waals surface area contributed by atoms with Gasteiger partial charge < -0.3 is 15.1 Å². The number of aliphatic hydroxyl groups excluding tert-OH is 2. The van der Waals surface area contributed by atoms with Crippen molar-refractivity contribution >= 4 is 28.8 Å². The lowest BCUT2D eigenvalue weighted by Crippen LogP contribution is -2.56. The molecule has 0 bridgehead atoms. The Labute approximate surface area is 147 Å².